The van der Waals surface area contributed by atoms with Crippen LogP contribution in [0.2, 0.25) is 0 Å². The molecule has 0 spiro atoms. The largest absolute Gasteiger partial charge is 0.492 e. The van der Waals surface area contributed by atoms with Gasteiger partial charge in [-0.25, -0.2) is 22.8 Å². The number of anilines is 1. The van der Waals surface area contributed by atoms with Crippen LogP contribution < -0.4 is 4.72 Å². The average Bonchev–Trinajstić information content (AvgIpc) is 3.53. The van der Waals surface area contributed by atoms with E-state index in [1.807, 2.05) is 0 Å². The molecule has 35 heavy (non-hydrogen) atoms. The van der Waals surface area contributed by atoms with Gasteiger partial charge in [-0.2, -0.15) is 10.1 Å². The van der Waals surface area contributed by atoms with Crippen LogP contribution in [0.3, 0.4) is 0 Å². The molecule has 12 heteroatoms. The Bertz CT molecular complexity index is 1590. The zero-order valence-corrected chi connectivity index (χ0v) is 18.7. The molecule has 3 heterocycles. The molecule has 0 unspecified atom stereocenters. The van der Waals surface area contributed by atoms with Gasteiger partial charge in [-0.15, -0.1) is 0 Å². The molecule has 0 bridgehead atoms. The lowest BCUT2D eigenvalue weighted by molar-refractivity contribution is 0.455. The van der Waals surface area contributed by atoms with Gasteiger partial charge in [0.1, 0.15) is 29.2 Å². The van der Waals surface area contributed by atoms with E-state index in [-0.39, 0.29) is 34.5 Å². The molecule has 176 valence electrons. The van der Waals surface area contributed by atoms with Crippen LogP contribution in [0.5, 0.6) is 5.88 Å². The second-order valence-electron chi connectivity index (χ2n) is 7.35. The summed E-state index contributed by atoms with van der Waals surface area (Å²) in [4.78, 5) is 12.3. The SMILES string of the molecule is O=S(=O)(Nc1cnc(-c2cc(-c3ncco3)n(Cc3ccccc3F)n2)nc1O)c1ccccc1. The molecule has 0 saturated heterocycles. The summed E-state index contributed by atoms with van der Waals surface area (Å²) in [5, 5.41) is 14.8. The van der Waals surface area contributed by atoms with Gasteiger partial charge in [0.15, 0.2) is 5.82 Å². The minimum atomic E-state index is -3.95. The monoisotopic (exact) mass is 492 g/mol. The van der Waals surface area contributed by atoms with E-state index in [0.717, 1.165) is 6.20 Å². The van der Waals surface area contributed by atoms with E-state index in [4.69, 9.17) is 4.42 Å². The van der Waals surface area contributed by atoms with Gasteiger partial charge in [-0.1, -0.05) is 36.4 Å². The smallest absolute Gasteiger partial charge is 0.262 e. The molecular weight excluding hydrogens is 475 g/mol. The van der Waals surface area contributed by atoms with E-state index < -0.39 is 21.7 Å². The highest BCUT2D eigenvalue weighted by Gasteiger charge is 2.21. The van der Waals surface area contributed by atoms with Crippen LogP contribution in [0.25, 0.3) is 23.1 Å². The van der Waals surface area contributed by atoms with Crippen molar-refractivity contribution in [3.63, 3.8) is 0 Å². The lowest BCUT2D eigenvalue weighted by Crippen LogP contribution is -2.13. The number of benzene rings is 2. The van der Waals surface area contributed by atoms with E-state index in [2.05, 4.69) is 24.8 Å². The fourth-order valence-electron chi connectivity index (χ4n) is 3.33. The average molecular weight is 492 g/mol. The number of halogens is 1. The second kappa shape index (κ2) is 8.99. The molecule has 0 aliphatic carbocycles. The zero-order valence-electron chi connectivity index (χ0n) is 17.9. The van der Waals surface area contributed by atoms with E-state index in [1.165, 1.54) is 35.3 Å². The van der Waals surface area contributed by atoms with Gasteiger partial charge in [0.05, 0.1) is 23.8 Å². The van der Waals surface area contributed by atoms with Gasteiger partial charge in [-0.3, -0.25) is 9.40 Å². The molecule has 3 aromatic heterocycles. The van der Waals surface area contributed by atoms with Gasteiger partial charge in [-0.05, 0) is 18.2 Å². The predicted octanol–water partition coefficient (Wildman–Crippen LogP) is 3.69. The number of aromatic nitrogens is 5. The first-order valence-corrected chi connectivity index (χ1v) is 11.7. The minimum absolute atomic E-state index is 0.0187. The normalized spacial score (nSPS) is 11.5. The second-order valence-corrected chi connectivity index (χ2v) is 9.03. The van der Waals surface area contributed by atoms with Crippen molar-refractivity contribution in [1.29, 1.82) is 0 Å². The number of hydrogen-bond acceptors (Lipinski definition) is 8. The van der Waals surface area contributed by atoms with E-state index in [1.54, 1.807) is 42.5 Å². The standard InChI is InChI=1S/C23H17FN6O4S/c24-17-9-5-4-6-15(17)14-30-20(23-25-10-11-34-23)12-18(28-30)21-26-13-19(22(31)27-21)29-35(32,33)16-7-2-1-3-8-16/h1-13,29H,14H2,(H,26,27,31). The number of aromatic hydroxyl groups is 1. The third kappa shape index (κ3) is 4.59. The molecule has 2 aromatic carbocycles. The first-order chi connectivity index (χ1) is 16.9. The van der Waals surface area contributed by atoms with Gasteiger partial charge in [0.25, 0.3) is 10.0 Å². The van der Waals surface area contributed by atoms with E-state index in [9.17, 15) is 17.9 Å². The predicted molar refractivity (Wildman–Crippen MR) is 123 cm³/mol. The van der Waals surface area contributed by atoms with E-state index >= 15 is 0 Å². The van der Waals surface area contributed by atoms with Crippen LogP contribution in [0.4, 0.5) is 10.1 Å². The molecule has 0 aliphatic rings. The summed E-state index contributed by atoms with van der Waals surface area (Å²) in [5.74, 6) is -0.718. The Morgan fingerprint density at radius 3 is 2.54 bits per heavy atom. The minimum Gasteiger partial charge on any atom is -0.492 e. The van der Waals surface area contributed by atoms with Crippen LogP contribution in [0, 0.1) is 5.82 Å². The number of nitrogens with zero attached hydrogens (tertiary/aromatic N) is 5. The summed E-state index contributed by atoms with van der Waals surface area (Å²) < 4.78 is 48.5. The number of oxazole rings is 1. The van der Waals surface area contributed by atoms with Crippen molar-refractivity contribution in [3.8, 4) is 29.0 Å². The van der Waals surface area contributed by atoms with Crippen molar-refractivity contribution < 1.29 is 22.3 Å². The van der Waals surface area contributed by atoms with Crippen molar-refractivity contribution in [1.82, 2.24) is 24.7 Å². The summed E-state index contributed by atoms with van der Waals surface area (Å²) >= 11 is 0. The van der Waals surface area contributed by atoms with Crippen LogP contribution in [0.15, 0.2) is 88.6 Å². The highest BCUT2D eigenvalue weighted by atomic mass is 32.2. The molecule has 0 radical (unpaired) electrons. The fourth-order valence-corrected chi connectivity index (χ4v) is 4.40. The Morgan fingerprint density at radius 1 is 1.06 bits per heavy atom. The van der Waals surface area contributed by atoms with Gasteiger partial charge >= 0.3 is 0 Å². The maximum atomic E-state index is 14.2. The van der Waals surface area contributed by atoms with Crippen LogP contribution in [0.1, 0.15) is 5.56 Å². The molecular formula is C23H17FN6O4S. The van der Waals surface area contributed by atoms with Crippen molar-refractivity contribution in [3.05, 3.63) is 90.7 Å². The molecule has 0 saturated carbocycles. The van der Waals surface area contributed by atoms with Crippen molar-refractivity contribution in [2.24, 2.45) is 0 Å². The maximum absolute atomic E-state index is 14.2. The molecule has 5 rings (SSSR count). The third-order valence-electron chi connectivity index (χ3n) is 5.00. The highest BCUT2D eigenvalue weighted by Crippen LogP contribution is 2.28. The Kier molecular flexibility index (Phi) is 5.71. The van der Waals surface area contributed by atoms with Gasteiger partial charge in [0, 0.05) is 11.6 Å². The van der Waals surface area contributed by atoms with Crippen LogP contribution in [-0.4, -0.2) is 38.3 Å². The van der Waals surface area contributed by atoms with Gasteiger partial charge in [0.2, 0.25) is 11.8 Å². The number of rotatable bonds is 7. The summed E-state index contributed by atoms with van der Waals surface area (Å²) in [6.07, 6.45) is 4.00. The Hall–Kier alpha value is -4.58. The summed E-state index contributed by atoms with van der Waals surface area (Å²) in [6, 6.07) is 15.5. The van der Waals surface area contributed by atoms with Crippen molar-refractivity contribution in [2.45, 2.75) is 11.4 Å². The fraction of sp³-hybridized carbons (Fsp3) is 0.0435. The maximum Gasteiger partial charge on any atom is 0.262 e. The zero-order chi connectivity index (χ0) is 24.4. The molecule has 0 aliphatic heterocycles. The molecule has 5 aromatic rings. The Balaban J connectivity index is 1.48. The molecule has 2 N–H and O–H groups in total. The Morgan fingerprint density at radius 2 is 1.83 bits per heavy atom. The molecule has 0 amide bonds. The summed E-state index contributed by atoms with van der Waals surface area (Å²) in [7, 11) is -3.95. The van der Waals surface area contributed by atoms with Crippen molar-refractivity contribution >= 4 is 15.7 Å². The number of sulfonamides is 1. The third-order valence-corrected chi connectivity index (χ3v) is 6.39. The number of hydrogen-bond donors (Lipinski definition) is 2. The van der Waals surface area contributed by atoms with Crippen LogP contribution in [-0.2, 0) is 16.6 Å². The lowest BCUT2D eigenvalue weighted by Gasteiger charge is -2.09. The summed E-state index contributed by atoms with van der Waals surface area (Å²) in [5.41, 5.74) is 0.869. The first-order valence-electron chi connectivity index (χ1n) is 10.3. The lowest BCUT2D eigenvalue weighted by atomic mass is 10.2. The van der Waals surface area contributed by atoms with Gasteiger partial charge < -0.3 is 9.52 Å². The Labute approximate surface area is 198 Å². The van der Waals surface area contributed by atoms with Crippen LogP contribution >= 0.6 is 0 Å². The quantitative estimate of drug-likeness (QED) is 0.351. The highest BCUT2D eigenvalue weighted by molar-refractivity contribution is 7.92. The number of nitrogens with one attached hydrogen (secondary N) is 1. The van der Waals surface area contributed by atoms with Crippen molar-refractivity contribution in [2.75, 3.05) is 4.72 Å². The molecule has 0 fully saturated rings. The molecule has 10 nitrogen and oxygen atoms in total. The first kappa shape index (κ1) is 22.2. The van der Waals surface area contributed by atoms with E-state index in [0.29, 0.717) is 11.3 Å². The molecule has 0 atom stereocenters. The topological polar surface area (TPSA) is 136 Å². The summed E-state index contributed by atoms with van der Waals surface area (Å²) in [6.45, 7) is 0.0747.